The summed E-state index contributed by atoms with van der Waals surface area (Å²) in [4.78, 5) is 3.89. The van der Waals surface area contributed by atoms with Crippen molar-refractivity contribution in [1.29, 1.82) is 0 Å². The first-order chi connectivity index (χ1) is 10.1. The van der Waals surface area contributed by atoms with Gasteiger partial charge in [0.15, 0.2) is 9.84 Å². The zero-order chi connectivity index (χ0) is 16.5. The number of aryl methyl sites for hydroxylation is 2. The van der Waals surface area contributed by atoms with Crippen LogP contribution in [0.4, 0.5) is 0 Å². The van der Waals surface area contributed by atoms with Crippen LogP contribution in [0.5, 0.6) is 0 Å². The molecule has 0 amide bonds. The maximum atomic E-state index is 12.2. The summed E-state index contributed by atoms with van der Waals surface area (Å²) in [5.41, 5.74) is 0.688. The van der Waals surface area contributed by atoms with Gasteiger partial charge in [-0.05, 0) is 32.0 Å². The van der Waals surface area contributed by atoms with Gasteiger partial charge in [-0.1, -0.05) is 6.07 Å². The second kappa shape index (κ2) is 5.82. The number of rotatable bonds is 5. The molecule has 0 aliphatic rings. The molecule has 0 unspecified atom stereocenters. The Morgan fingerprint density at radius 2 is 1.77 bits per heavy atom. The van der Waals surface area contributed by atoms with Crippen molar-refractivity contribution in [3.8, 4) is 0 Å². The summed E-state index contributed by atoms with van der Waals surface area (Å²) in [6.07, 6.45) is 1.02. The van der Waals surface area contributed by atoms with Gasteiger partial charge in [-0.15, -0.1) is 0 Å². The van der Waals surface area contributed by atoms with Crippen molar-refractivity contribution in [3.05, 3.63) is 41.6 Å². The highest BCUT2D eigenvalue weighted by Gasteiger charge is 2.18. The van der Waals surface area contributed by atoms with Crippen LogP contribution in [-0.2, 0) is 26.4 Å². The van der Waals surface area contributed by atoms with E-state index in [9.17, 15) is 16.8 Å². The van der Waals surface area contributed by atoms with Crippen LogP contribution in [0.2, 0.25) is 0 Å². The lowest BCUT2D eigenvalue weighted by atomic mass is 10.4. The number of hydrogen-bond acceptors (Lipinski definition) is 6. The summed E-state index contributed by atoms with van der Waals surface area (Å²) in [5.74, 6) is 0.867. The molecule has 0 spiro atoms. The first-order valence-electron chi connectivity index (χ1n) is 6.32. The standard InChI is InChI=1S/C13H16N2O5S2/c1-9-10(2)20-13(15-9)8-14-22(18,19)12-6-4-5-11(7-12)21(3,16)17/h4-7,14H,8H2,1-3H3. The number of sulfonamides is 1. The van der Waals surface area contributed by atoms with E-state index < -0.39 is 19.9 Å². The van der Waals surface area contributed by atoms with E-state index in [-0.39, 0.29) is 22.2 Å². The van der Waals surface area contributed by atoms with E-state index in [4.69, 9.17) is 4.42 Å². The van der Waals surface area contributed by atoms with Gasteiger partial charge in [-0.2, -0.15) is 0 Å². The number of sulfone groups is 1. The van der Waals surface area contributed by atoms with E-state index in [1.54, 1.807) is 13.8 Å². The lowest BCUT2D eigenvalue weighted by Gasteiger charge is -2.06. The third-order valence-corrected chi connectivity index (χ3v) is 5.54. The SMILES string of the molecule is Cc1nc(CNS(=O)(=O)c2cccc(S(C)(=O)=O)c2)oc1C. The predicted octanol–water partition coefficient (Wildman–Crippen LogP) is 1.17. The topological polar surface area (TPSA) is 106 Å². The Morgan fingerprint density at radius 3 is 2.32 bits per heavy atom. The first-order valence-corrected chi connectivity index (χ1v) is 9.70. The van der Waals surface area contributed by atoms with Gasteiger partial charge in [0.1, 0.15) is 5.76 Å². The smallest absolute Gasteiger partial charge is 0.241 e. The molecule has 0 atom stereocenters. The normalized spacial score (nSPS) is 12.5. The molecule has 0 aliphatic carbocycles. The molecule has 0 fully saturated rings. The lowest BCUT2D eigenvalue weighted by molar-refractivity contribution is 0.463. The molecule has 1 heterocycles. The molecule has 0 aliphatic heterocycles. The summed E-state index contributed by atoms with van der Waals surface area (Å²) in [6, 6.07) is 5.16. The number of nitrogens with zero attached hydrogens (tertiary/aromatic N) is 1. The van der Waals surface area contributed by atoms with E-state index in [0.717, 1.165) is 12.3 Å². The van der Waals surface area contributed by atoms with E-state index in [1.165, 1.54) is 18.2 Å². The second-order valence-corrected chi connectivity index (χ2v) is 8.60. The molecular weight excluding hydrogens is 328 g/mol. The number of nitrogens with one attached hydrogen (secondary N) is 1. The molecule has 1 aromatic heterocycles. The van der Waals surface area contributed by atoms with Gasteiger partial charge in [0.2, 0.25) is 15.9 Å². The number of hydrogen-bond donors (Lipinski definition) is 1. The molecule has 7 nitrogen and oxygen atoms in total. The van der Waals surface area contributed by atoms with Crippen LogP contribution in [0.3, 0.4) is 0 Å². The maximum Gasteiger partial charge on any atom is 0.241 e. The van der Waals surface area contributed by atoms with Gasteiger partial charge in [0.05, 0.1) is 22.0 Å². The molecule has 0 radical (unpaired) electrons. The number of aromatic nitrogens is 1. The minimum absolute atomic E-state index is 0.0572. The number of benzene rings is 1. The van der Waals surface area contributed by atoms with Crippen molar-refractivity contribution >= 4 is 19.9 Å². The second-order valence-electron chi connectivity index (χ2n) is 4.82. The average molecular weight is 344 g/mol. The summed E-state index contributed by atoms with van der Waals surface area (Å²) < 4.78 is 55.0. The minimum atomic E-state index is -3.86. The highest BCUT2D eigenvalue weighted by Crippen LogP contribution is 2.16. The van der Waals surface area contributed by atoms with Crippen LogP contribution in [0.1, 0.15) is 17.3 Å². The maximum absolute atomic E-state index is 12.2. The fourth-order valence-corrected chi connectivity index (χ4v) is 3.49. The Kier molecular flexibility index (Phi) is 4.41. The fourth-order valence-electron chi connectivity index (χ4n) is 1.73. The average Bonchev–Trinajstić information content (AvgIpc) is 2.75. The third kappa shape index (κ3) is 3.73. The van der Waals surface area contributed by atoms with Crippen molar-refractivity contribution in [2.24, 2.45) is 0 Å². The molecule has 1 aromatic carbocycles. The van der Waals surface area contributed by atoms with Gasteiger partial charge in [0.25, 0.3) is 0 Å². The summed E-state index contributed by atoms with van der Waals surface area (Å²) in [5, 5.41) is 0. The molecular formula is C13H16N2O5S2. The van der Waals surface area contributed by atoms with Crippen molar-refractivity contribution in [2.75, 3.05) is 6.26 Å². The molecule has 0 saturated carbocycles. The lowest BCUT2D eigenvalue weighted by Crippen LogP contribution is -2.23. The van der Waals surface area contributed by atoms with Gasteiger partial charge >= 0.3 is 0 Å². The summed E-state index contributed by atoms with van der Waals surface area (Å²) >= 11 is 0. The van der Waals surface area contributed by atoms with Gasteiger partial charge in [-0.3, -0.25) is 0 Å². The van der Waals surface area contributed by atoms with E-state index >= 15 is 0 Å². The Balaban J connectivity index is 2.23. The molecule has 22 heavy (non-hydrogen) atoms. The van der Waals surface area contributed by atoms with Crippen LogP contribution >= 0.6 is 0 Å². The van der Waals surface area contributed by atoms with Crippen LogP contribution in [0.15, 0.2) is 38.5 Å². The highest BCUT2D eigenvalue weighted by atomic mass is 32.2. The van der Waals surface area contributed by atoms with Crippen molar-refractivity contribution < 1.29 is 21.3 Å². The molecule has 2 aromatic rings. The number of oxazole rings is 1. The Bertz CT molecular complexity index is 879. The Hall–Kier alpha value is -1.71. The van der Waals surface area contributed by atoms with Crippen molar-refractivity contribution in [1.82, 2.24) is 9.71 Å². The quantitative estimate of drug-likeness (QED) is 0.873. The van der Waals surface area contributed by atoms with Gasteiger partial charge in [0, 0.05) is 6.26 Å². The van der Waals surface area contributed by atoms with Crippen LogP contribution in [-0.4, -0.2) is 28.1 Å². The zero-order valence-electron chi connectivity index (χ0n) is 12.3. The van der Waals surface area contributed by atoms with Gasteiger partial charge < -0.3 is 4.42 Å². The molecule has 9 heteroatoms. The summed E-state index contributed by atoms with van der Waals surface area (Å²) in [7, 11) is -7.34. The molecule has 0 bridgehead atoms. The van der Waals surface area contributed by atoms with Crippen LogP contribution in [0.25, 0.3) is 0 Å². The van der Waals surface area contributed by atoms with Gasteiger partial charge in [-0.25, -0.2) is 26.5 Å². The Morgan fingerprint density at radius 1 is 1.14 bits per heavy atom. The van der Waals surface area contributed by atoms with E-state index in [0.29, 0.717) is 11.5 Å². The highest BCUT2D eigenvalue weighted by molar-refractivity contribution is 7.91. The molecule has 2 rings (SSSR count). The first kappa shape index (κ1) is 16.7. The molecule has 120 valence electrons. The molecule has 1 N–H and O–H groups in total. The monoisotopic (exact) mass is 344 g/mol. The van der Waals surface area contributed by atoms with Crippen LogP contribution < -0.4 is 4.72 Å². The third-order valence-electron chi connectivity index (χ3n) is 3.03. The van der Waals surface area contributed by atoms with E-state index in [1.807, 2.05) is 0 Å². The zero-order valence-corrected chi connectivity index (χ0v) is 14.0. The van der Waals surface area contributed by atoms with E-state index in [2.05, 4.69) is 9.71 Å². The fraction of sp³-hybridized carbons (Fsp3) is 0.308. The van der Waals surface area contributed by atoms with Crippen molar-refractivity contribution in [3.63, 3.8) is 0 Å². The summed E-state index contributed by atoms with van der Waals surface area (Å²) in [6.45, 7) is 3.38. The largest absolute Gasteiger partial charge is 0.444 e. The molecule has 0 saturated heterocycles. The van der Waals surface area contributed by atoms with Crippen molar-refractivity contribution in [2.45, 2.75) is 30.2 Å². The minimum Gasteiger partial charge on any atom is -0.444 e. The van der Waals surface area contributed by atoms with Crippen LogP contribution in [0, 0.1) is 13.8 Å². The Labute approximate surface area is 129 Å². The predicted molar refractivity (Wildman–Crippen MR) is 79.6 cm³/mol.